The Bertz CT molecular complexity index is 1590. The van der Waals surface area contributed by atoms with Crippen molar-refractivity contribution in [2.24, 2.45) is 0 Å². The van der Waals surface area contributed by atoms with E-state index >= 15 is 4.39 Å². The summed E-state index contributed by atoms with van der Waals surface area (Å²) in [5.74, 6) is -8.71. The number of hydrogen-bond acceptors (Lipinski definition) is 6. The van der Waals surface area contributed by atoms with Gasteiger partial charge in [0.2, 0.25) is 23.3 Å². The number of anilines is 1. The summed E-state index contributed by atoms with van der Waals surface area (Å²) in [7, 11) is 5.31. The lowest BCUT2D eigenvalue weighted by molar-refractivity contribution is -0.125. The van der Waals surface area contributed by atoms with Gasteiger partial charge in [-0.25, -0.2) is 27.8 Å². The molecule has 1 saturated heterocycles. The van der Waals surface area contributed by atoms with Crippen molar-refractivity contribution in [3.63, 3.8) is 0 Å². The number of hydrogen-bond donors (Lipinski definition) is 1. The highest BCUT2D eigenvalue weighted by Gasteiger charge is 2.31. The Morgan fingerprint density at radius 2 is 1.82 bits per heavy atom. The topological polar surface area (TPSA) is 99.2 Å². The zero-order chi connectivity index (χ0) is 27.1. The molecule has 0 unspecified atom stereocenters. The van der Waals surface area contributed by atoms with E-state index in [4.69, 9.17) is 18.3 Å². The summed E-state index contributed by atoms with van der Waals surface area (Å²) in [4.78, 5) is 22.0. The number of carbonyl (C=O) groups excluding carboxylic acids is 1. The van der Waals surface area contributed by atoms with Crippen molar-refractivity contribution in [1.82, 2.24) is 24.6 Å². The van der Waals surface area contributed by atoms with E-state index in [0.717, 1.165) is 18.1 Å². The van der Waals surface area contributed by atoms with E-state index in [9.17, 15) is 22.4 Å². The standard InChI is InChI=1S/C24H16BF5N6O2/c25-5-3-17(37)35-6-4-11(9-35)36-24-18(23(31)32-10-33-24)21(34-36)13-2-1-12(7-14(13)26)38-22-19(29)15(27)8-16(28)20(22)30/h1-3,5,7-8,10-11H,4,6,9H2,(H2,31,32,33)/b5-3-/t11-/m1/s1. The number of fused-ring (bicyclic) bond motifs is 1. The summed E-state index contributed by atoms with van der Waals surface area (Å²) in [6.45, 7) is 0.721. The number of ether oxygens (including phenoxy) is 1. The average Bonchev–Trinajstić information content (AvgIpc) is 3.52. The number of benzene rings is 2. The van der Waals surface area contributed by atoms with Crippen LogP contribution in [0.1, 0.15) is 12.5 Å². The molecule has 14 heteroatoms. The van der Waals surface area contributed by atoms with Gasteiger partial charge in [0.1, 0.15) is 37.3 Å². The van der Waals surface area contributed by atoms with Crippen LogP contribution in [0.25, 0.3) is 22.3 Å². The van der Waals surface area contributed by atoms with E-state index in [1.54, 1.807) is 4.90 Å². The summed E-state index contributed by atoms with van der Waals surface area (Å²) in [6, 6.07) is 2.83. The molecule has 192 valence electrons. The fourth-order valence-corrected chi connectivity index (χ4v) is 4.28. The minimum Gasteiger partial charge on any atom is -0.451 e. The molecule has 1 amide bonds. The minimum absolute atomic E-state index is 0.0207. The Morgan fingerprint density at radius 3 is 2.50 bits per heavy atom. The van der Waals surface area contributed by atoms with Crippen LogP contribution >= 0.6 is 0 Å². The monoisotopic (exact) mass is 526 g/mol. The predicted octanol–water partition coefficient (Wildman–Crippen LogP) is 4.02. The predicted molar refractivity (Wildman–Crippen MR) is 127 cm³/mol. The maximum Gasteiger partial charge on any atom is 0.245 e. The largest absolute Gasteiger partial charge is 0.451 e. The van der Waals surface area contributed by atoms with Gasteiger partial charge in [-0.1, -0.05) is 0 Å². The van der Waals surface area contributed by atoms with Crippen molar-refractivity contribution in [1.29, 1.82) is 0 Å². The van der Waals surface area contributed by atoms with E-state index in [2.05, 4.69) is 15.1 Å². The number of likely N-dealkylation sites (tertiary alicyclic amines) is 1. The Hall–Kier alpha value is -4.49. The van der Waals surface area contributed by atoms with Crippen LogP contribution in [-0.2, 0) is 4.79 Å². The summed E-state index contributed by atoms with van der Waals surface area (Å²) in [5, 5.41) is 4.77. The van der Waals surface area contributed by atoms with Crippen LogP contribution in [0.5, 0.6) is 11.5 Å². The van der Waals surface area contributed by atoms with E-state index < -0.39 is 40.6 Å². The van der Waals surface area contributed by atoms with Gasteiger partial charge in [-0.05, 0) is 24.6 Å². The molecule has 2 radical (unpaired) electrons. The normalized spacial score (nSPS) is 15.6. The zero-order valence-electron chi connectivity index (χ0n) is 19.3. The van der Waals surface area contributed by atoms with Crippen LogP contribution in [-0.4, -0.2) is 51.5 Å². The molecule has 3 heterocycles. The number of aromatic nitrogens is 4. The first kappa shape index (κ1) is 25.2. The number of nitrogens with zero attached hydrogens (tertiary/aromatic N) is 5. The van der Waals surface area contributed by atoms with Crippen molar-refractivity contribution >= 4 is 30.6 Å². The number of nitrogen functional groups attached to an aromatic ring is 1. The third kappa shape index (κ3) is 4.31. The van der Waals surface area contributed by atoms with E-state index in [1.165, 1.54) is 23.2 Å². The van der Waals surface area contributed by atoms with Gasteiger partial charge in [0.15, 0.2) is 17.3 Å². The van der Waals surface area contributed by atoms with Crippen molar-refractivity contribution in [3.05, 3.63) is 71.7 Å². The van der Waals surface area contributed by atoms with Crippen molar-refractivity contribution in [3.8, 4) is 22.8 Å². The first-order valence-corrected chi connectivity index (χ1v) is 11.2. The molecule has 0 aliphatic carbocycles. The molecule has 1 aliphatic rings. The van der Waals surface area contributed by atoms with Gasteiger partial charge in [-0.3, -0.25) is 4.79 Å². The molecule has 1 fully saturated rings. The van der Waals surface area contributed by atoms with Crippen molar-refractivity contribution in [2.75, 3.05) is 18.8 Å². The first-order chi connectivity index (χ1) is 18.2. The fraction of sp³-hybridized carbons (Fsp3) is 0.167. The van der Waals surface area contributed by atoms with Gasteiger partial charge < -0.3 is 15.4 Å². The first-order valence-electron chi connectivity index (χ1n) is 11.2. The fourth-order valence-electron chi connectivity index (χ4n) is 4.28. The van der Waals surface area contributed by atoms with E-state index in [0.29, 0.717) is 25.2 Å². The molecule has 0 saturated carbocycles. The molecule has 1 atom stereocenters. The van der Waals surface area contributed by atoms with Crippen LogP contribution < -0.4 is 10.5 Å². The third-order valence-electron chi connectivity index (χ3n) is 6.06. The Labute approximate surface area is 212 Å². The number of halogens is 5. The van der Waals surface area contributed by atoms with Crippen LogP contribution in [0.3, 0.4) is 0 Å². The molecule has 2 N–H and O–H groups in total. The molecule has 0 bridgehead atoms. The van der Waals surface area contributed by atoms with Crippen LogP contribution in [0, 0.1) is 29.1 Å². The van der Waals surface area contributed by atoms with Crippen molar-refractivity contribution < 1.29 is 31.5 Å². The maximum atomic E-state index is 15.3. The van der Waals surface area contributed by atoms with Gasteiger partial charge in [0.25, 0.3) is 0 Å². The lowest BCUT2D eigenvalue weighted by Gasteiger charge is -2.15. The van der Waals surface area contributed by atoms with Crippen LogP contribution in [0.4, 0.5) is 27.8 Å². The Morgan fingerprint density at radius 1 is 1.08 bits per heavy atom. The number of carbonyl (C=O) groups is 1. The lowest BCUT2D eigenvalue weighted by Crippen LogP contribution is -2.27. The summed E-state index contributed by atoms with van der Waals surface area (Å²) in [5.41, 5.74) is 6.37. The third-order valence-corrected chi connectivity index (χ3v) is 6.06. The lowest BCUT2D eigenvalue weighted by atomic mass is 10.1. The second kappa shape index (κ2) is 9.76. The molecule has 4 aromatic rings. The van der Waals surface area contributed by atoms with Gasteiger partial charge in [-0.15, -0.1) is 5.98 Å². The minimum atomic E-state index is -1.77. The molecule has 8 nitrogen and oxygen atoms in total. The Kier molecular flexibility index (Phi) is 6.47. The second-order valence-corrected chi connectivity index (χ2v) is 8.38. The van der Waals surface area contributed by atoms with Gasteiger partial charge in [-0.2, -0.15) is 13.9 Å². The van der Waals surface area contributed by atoms with Gasteiger partial charge in [0.05, 0.1) is 11.4 Å². The highest BCUT2D eigenvalue weighted by Crippen LogP contribution is 2.37. The van der Waals surface area contributed by atoms with Gasteiger partial charge >= 0.3 is 0 Å². The highest BCUT2D eigenvalue weighted by atomic mass is 19.2. The Balaban J connectivity index is 1.52. The molecule has 0 spiro atoms. The summed E-state index contributed by atoms with van der Waals surface area (Å²) in [6.07, 6.45) is 2.99. The number of nitrogens with two attached hydrogens (primary N) is 1. The van der Waals surface area contributed by atoms with Crippen molar-refractivity contribution in [2.45, 2.75) is 12.5 Å². The average molecular weight is 526 g/mol. The van der Waals surface area contributed by atoms with Gasteiger partial charge in [0, 0.05) is 30.8 Å². The summed E-state index contributed by atoms with van der Waals surface area (Å²) >= 11 is 0. The molecule has 5 rings (SSSR count). The second-order valence-electron chi connectivity index (χ2n) is 8.38. The maximum absolute atomic E-state index is 15.3. The van der Waals surface area contributed by atoms with Crippen LogP contribution in [0.15, 0.2) is 42.6 Å². The number of amides is 1. The molecular formula is C24H16BF5N6O2. The molecule has 38 heavy (non-hydrogen) atoms. The smallest absolute Gasteiger partial charge is 0.245 e. The molecule has 1 aliphatic heterocycles. The van der Waals surface area contributed by atoms with E-state index in [1.807, 2.05) is 0 Å². The zero-order valence-corrected chi connectivity index (χ0v) is 19.3. The molecular weight excluding hydrogens is 510 g/mol. The highest BCUT2D eigenvalue weighted by molar-refractivity contribution is 6.19. The van der Waals surface area contributed by atoms with E-state index in [-0.39, 0.29) is 40.5 Å². The van der Waals surface area contributed by atoms with Crippen LogP contribution in [0.2, 0.25) is 0 Å². The SMILES string of the molecule is [B]/C=C\C(=O)N1CC[C@@H](n2nc(-c3ccc(Oc4c(F)c(F)cc(F)c4F)cc3F)c3c(N)ncnc32)C1. The number of rotatable bonds is 5. The molecule has 2 aromatic heterocycles. The molecule has 2 aromatic carbocycles. The summed E-state index contributed by atoms with van der Waals surface area (Å²) < 4.78 is 76.7. The quantitative estimate of drug-likeness (QED) is 0.183.